The Morgan fingerprint density at radius 2 is 2.00 bits per heavy atom. The molecular weight excluding hydrogens is 408 g/mol. The van der Waals surface area contributed by atoms with E-state index in [1.807, 2.05) is 0 Å². The molecule has 134 valence electrons. The van der Waals surface area contributed by atoms with Crippen LogP contribution < -0.4 is 10.7 Å². The van der Waals surface area contributed by atoms with Crippen molar-refractivity contribution in [2.45, 2.75) is 0 Å². The second-order valence-electron chi connectivity index (χ2n) is 4.96. The number of hydrogen-bond acceptors (Lipinski definition) is 6. The lowest BCUT2D eigenvalue weighted by Crippen LogP contribution is -2.35. The number of carbonyl (C=O) groups excluding carboxylic acids is 2. The molecule has 0 aliphatic heterocycles. The number of hydrogen-bond donors (Lipinski definition) is 3. The third-order valence-electron chi connectivity index (χ3n) is 3.13. The maximum Gasteiger partial charge on any atom is 0.310 e. The van der Waals surface area contributed by atoms with Crippen molar-refractivity contribution < 1.29 is 19.6 Å². The van der Waals surface area contributed by atoms with Gasteiger partial charge in [0.25, 0.3) is 11.8 Å². The van der Waals surface area contributed by atoms with Crippen molar-refractivity contribution in [1.29, 1.82) is 0 Å². The fourth-order valence-corrected chi connectivity index (χ4v) is 2.36. The zero-order chi connectivity index (χ0) is 19.1. The number of aromatic hydroxyl groups is 1. The first-order chi connectivity index (χ1) is 12.4. The number of phenolic OH excluding ortho intramolecular Hbond substituents is 1. The molecule has 10 heteroatoms. The topological polar surface area (TPSA) is 134 Å². The first-order valence-corrected chi connectivity index (χ1v) is 8.00. The van der Waals surface area contributed by atoms with Crippen molar-refractivity contribution in [2.24, 2.45) is 5.10 Å². The van der Waals surface area contributed by atoms with Crippen LogP contribution in [0.5, 0.6) is 5.75 Å². The number of amides is 2. The van der Waals surface area contributed by atoms with Crippen LogP contribution in [0.1, 0.15) is 15.9 Å². The van der Waals surface area contributed by atoms with E-state index >= 15 is 0 Å². The predicted octanol–water partition coefficient (Wildman–Crippen LogP) is 1.94. The number of nitrogens with zero attached hydrogens (tertiary/aromatic N) is 2. The standard InChI is InChI=1S/C16H13BrN4O5/c17-12-4-2-1-3-11(12)16(24)18-9-15(23)20-19-8-10-5-6-13(21(25)26)14(22)7-10/h1-8,22H,9H2,(H,18,24)(H,20,23)/b19-8+. The highest BCUT2D eigenvalue weighted by atomic mass is 79.9. The van der Waals surface area contributed by atoms with Crippen LogP contribution in [0.15, 0.2) is 52.0 Å². The van der Waals surface area contributed by atoms with Crippen LogP contribution in [0.3, 0.4) is 0 Å². The monoisotopic (exact) mass is 420 g/mol. The van der Waals surface area contributed by atoms with Crippen LogP contribution in [-0.4, -0.2) is 34.6 Å². The van der Waals surface area contributed by atoms with E-state index in [9.17, 15) is 24.8 Å². The number of nitrogens with one attached hydrogen (secondary N) is 2. The Hall–Kier alpha value is -3.27. The van der Waals surface area contributed by atoms with Gasteiger partial charge in [-0.15, -0.1) is 0 Å². The van der Waals surface area contributed by atoms with E-state index in [1.165, 1.54) is 12.3 Å². The molecule has 0 radical (unpaired) electrons. The number of phenols is 1. The SMILES string of the molecule is O=C(CNC(=O)c1ccccc1Br)N/N=C/c1ccc([N+](=O)[O-])c(O)c1. The minimum absolute atomic E-state index is 0.289. The van der Waals surface area contributed by atoms with Crippen molar-refractivity contribution in [2.75, 3.05) is 6.54 Å². The van der Waals surface area contributed by atoms with Gasteiger partial charge in [0.05, 0.1) is 23.2 Å². The van der Waals surface area contributed by atoms with E-state index < -0.39 is 28.2 Å². The maximum absolute atomic E-state index is 11.9. The number of carbonyl (C=O) groups is 2. The molecule has 2 rings (SSSR count). The number of rotatable bonds is 6. The Kier molecular flexibility index (Phi) is 6.39. The van der Waals surface area contributed by atoms with E-state index in [4.69, 9.17) is 0 Å². The van der Waals surface area contributed by atoms with Crippen LogP contribution >= 0.6 is 15.9 Å². The number of hydrazone groups is 1. The molecule has 0 bridgehead atoms. The molecular formula is C16H13BrN4O5. The molecule has 0 saturated heterocycles. The number of nitro benzene ring substituents is 1. The Morgan fingerprint density at radius 3 is 2.65 bits per heavy atom. The van der Waals surface area contributed by atoms with Crippen molar-refractivity contribution in [3.63, 3.8) is 0 Å². The molecule has 2 aromatic carbocycles. The minimum atomic E-state index is -0.716. The average Bonchev–Trinajstić information content (AvgIpc) is 2.60. The molecule has 0 spiro atoms. The Balaban J connectivity index is 1.86. The summed E-state index contributed by atoms with van der Waals surface area (Å²) >= 11 is 3.24. The first-order valence-electron chi connectivity index (χ1n) is 7.20. The molecule has 0 aliphatic carbocycles. The summed E-state index contributed by atoms with van der Waals surface area (Å²) in [6, 6.07) is 10.4. The fourth-order valence-electron chi connectivity index (χ4n) is 1.89. The van der Waals surface area contributed by atoms with Gasteiger partial charge in [-0.25, -0.2) is 5.43 Å². The average molecular weight is 421 g/mol. The summed E-state index contributed by atoms with van der Waals surface area (Å²) in [5.74, 6) is -1.49. The highest BCUT2D eigenvalue weighted by molar-refractivity contribution is 9.10. The second-order valence-corrected chi connectivity index (χ2v) is 5.82. The largest absolute Gasteiger partial charge is 0.502 e. The minimum Gasteiger partial charge on any atom is -0.502 e. The number of halogens is 1. The summed E-state index contributed by atoms with van der Waals surface area (Å²) in [5.41, 5.74) is 2.51. The van der Waals surface area contributed by atoms with Crippen LogP contribution in [0, 0.1) is 10.1 Å². The van der Waals surface area contributed by atoms with Gasteiger partial charge < -0.3 is 10.4 Å². The van der Waals surface area contributed by atoms with Gasteiger partial charge in [0.15, 0.2) is 5.75 Å². The summed E-state index contributed by atoms with van der Waals surface area (Å²) in [6.07, 6.45) is 1.21. The third kappa shape index (κ3) is 5.11. The molecule has 9 nitrogen and oxygen atoms in total. The molecule has 0 unspecified atom stereocenters. The summed E-state index contributed by atoms with van der Waals surface area (Å²) < 4.78 is 0.605. The molecule has 0 saturated carbocycles. The van der Waals surface area contributed by atoms with Gasteiger partial charge >= 0.3 is 5.69 Å². The molecule has 0 aliphatic rings. The van der Waals surface area contributed by atoms with Crippen LogP contribution in [-0.2, 0) is 4.79 Å². The van der Waals surface area contributed by atoms with Gasteiger partial charge in [-0.1, -0.05) is 12.1 Å². The number of nitro groups is 1. The van der Waals surface area contributed by atoms with E-state index in [0.29, 0.717) is 15.6 Å². The Bertz CT molecular complexity index is 885. The molecule has 3 N–H and O–H groups in total. The van der Waals surface area contributed by atoms with Crippen molar-refractivity contribution >= 4 is 39.6 Å². The molecule has 0 fully saturated rings. The molecule has 2 amide bonds. The smallest absolute Gasteiger partial charge is 0.310 e. The van der Waals surface area contributed by atoms with E-state index in [0.717, 1.165) is 12.1 Å². The highest BCUT2D eigenvalue weighted by Crippen LogP contribution is 2.25. The summed E-state index contributed by atoms with van der Waals surface area (Å²) in [4.78, 5) is 33.5. The zero-order valence-corrected chi connectivity index (χ0v) is 14.8. The fraction of sp³-hybridized carbons (Fsp3) is 0.0625. The van der Waals surface area contributed by atoms with Crippen LogP contribution in [0.25, 0.3) is 0 Å². The lowest BCUT2D eigenvalue weighted by molar-refractivity contribution is -0.385. The van der Waals surface area contributed by atoms with Gasteiger partial charge in [-0.2, -0.15) is 5.10 Å². The quantitative estimate of drug-likeness (QED) is 0.372. The highest BCUT2D eigenvalue weighted by Gasteiger charge is 2.12. The van der Waals surface area contributed by atoms with Gasteiger partial charge in [0, 0.05) is 10.5 Å². The van der Waals surface area contributed by atoms with Gasteiger partial charge in [-0.3, -0.25) is 19.7 Å². The maximum atomic E-state index is 11.9. The van der Waals surface area contributed by atoms with E-state index in [-0.39, 0.29) is 6.54 Å². The Labute approximate surface area is 156 Å². The van der Waals surface area contributed by atoms with Gasteiger partial charge in [-0.05, 0) is 45.8 Å². The molecule has 2 aromatic rings. The van der Waals surface area contributed by atoms with Crippen LogP contribution in [0.2, 0.25) is 0 Å². The predicted molar refractivity (Wildman–Crippen MR) is 97.0 cm³/mol. The van der Waals surface area contributed by atoms with Crippen molar-refractivity contribution in [3.8, 4) is 5.75 Å². The van der Waals surface area contributed by atoms with Gasteiger partial charge in [0.1, 0.15) is 0 Å². The van der Waals surface area contributed by atoms with Crippen molar-refractivity contribution in [3.05, 3.63) is 68.2 Å². The van der Waals surface area contributed by atoms with Crippen molar-refractivity contribution in [1.82, 2.24) is 10.7 Å². The summed E-state index contributed by atoms with van der Waals surface area (Å²) in [5, 5.41) is 26.2. The third-order valence-corrected chi connectivity index (χ3v) is 3.82. The summed E-state index contributed by atoms with van der Waals surface area (Å²) in [6.45, 7) is -0.289. The molecule has 26 heavy (non-hydrogen) atoms. The molecule has 0 atom stereocenters. The van der Waals surface area contributed by atoms with E-state index in [1.54, 1.807) is 24.3 Å². The van der Waals surface area contributed by atoms with E-state index in [2.05, 4.69) is 31.8 Å². The summed E-state index contributed by atoms with van der Waals surface area (Å²) in [7, 11) is 0. The zero-order valence-electron chi connectivity index (χ0n) is 13.2. The number of benzene rings is 2. The lowest BCUT2D eigenvalue weighted by atomic mass is 10.2. The second kappa shape index (κ2) is 8.72. The van der Waals surface area contributed by atoms with Gasteiger partial charge in [0.2, 0.25) is 0 Å². The normalized spacial score (nSPS) is 10.5. The molecule has 0 aromatic heterocycles. The molecule has 0 heterocycles. The Morgan fingerprint density at radius 1 is 1.27 bits per heavy atom. The van der Waals surface area contributed by atoms with Crippen LogP contribution in [0.4, 0.5) is 5.69 Å². The first kappa shape index (κ1) is 19.1. The lowest BCUT2D eigenvalue weighted by Gasteiger charge is -2.05.